The third kappa shape index (κ3) is 3.57. The summed E-state index contributed by atoms with van der Waals surface area (Å²) in [5.74, 6) is -0.203. The molecule has 1 saturated heterocycles. The average molecular weight is 277 g/mol. The summed E-state index contributed by atoms with van der Waals surface area (Å²) in [5.41, 5.74) is 1.74. The number of ether oxygens (including phenoxy) is 2. The lowest BCUT2D eigenvalue weighted by Gasteiger charge is -2.34. The molecule has 5 heteroatoms. The van der Waals surface area contributed by atoms with Crippen LogP contribution in [0, 0.1) is 0 Å². The van der Waals surface area contributed by atoms with Crippen LogP contribution in [0.25, 0.3) is 0 Å². The topological polar surface area (TPSA) is 55.8 Å². The van der Waals surface area contributed by atoms with Gasteiger partial charge in [-0.25, -0.2) is 0 Å². The van der Waals surface area contributed by atoms with Gasteiger partial charge in [-0.3, -0.25) is 9.59 Å². The maximum Gasteiger partial charge on any atom is 0.308 e. The van der Waals surface area contributed by atoms with E-state index in [9.17, 15) is 9.59 Å². The van der Waals surface area contributed by atoms with Crippen LogP contribution in [0.1, 0.15) is 23.7 Å². The Bertz CT molecular complexity index is 483. The summed E-state index contributed by atoms with van der Waals surface area (Å²) >= 11 is 0. The fraction of sp³-hybridized carbons (Fsp3) is 0.467. The Morgan fingerprint density at radius 1 is 1.35 bits per heavy atom. The Hall–Kier alpha value is -1.88. The van der Waals surface area contributed by atoms with Gasteiger partial charge < -0.3 is 14.4 Å². The molecule has 0 spiro atoms. The van der Waals surface area contributed by atoms with Crippen molar-refractivity contribution in [2.45, 2.75) is 19.4 Å². The highest BCUT2D eigenvalue weighted by Gasteiger charge is 2.23. The number of esters is 1. The van der Waals surface area contributed by atoms with Gasteiger partial charge in [0.05, 0.1) is 26.2 Å². The van der Waals surface area contributed by atoms with Gasteiger partial charge in [-0.05, 0) is 31.2 Å². The van der Waals surface area contributed by atoms with E-state index in [0.29, 0.717) is 18.7 Å². The van der Waals surface area contributed by atoms with Crippen molar-refractivity contribution < 1.29 is 19.1 Å². The molecular weight excluding hydrogens is 258 g/mol. The molecule has 5 nitrogen and oxygen atoms in total. The zero-order valence-electron chi connectivity index (χ0n) is 11.8. The molecule has 0 saturated carbocycles. The van der Waals surface area contributed by atoms with Crippen LogP contribution in [0.5, 0.6) is 0 Å². The highest BCUT2D eigenvalue weighted by Crippen LogP contribution is 2.20. The largest absolute Gasteiger partial charge is 0.469 e. The van der Waals surface area contributed by atoms with Gasteiger partial charge in [-0.1, -0.05) is 0 Å². The maximum absolute atomic E-state index is 11.3. The van der Waals surface area contributed by atoms with Crippen molar-refractivity contribution in [3.8, 4) is 0 Å². The molecular formula is C15H19NO4. The molecule has 0 N–H and O–H groups in total. The summed E-state index contributed by atoms with van der Waals surface area (Å²) < 4.78 is 10.2. The molecule has 1 unspecified atom stereocenters. The van der Waals surface area contributed by atoms with E-state index < -0.39 is 0 Å². The van der Waals surface area contributed by atoms with E-state index >= 15 is 0 Å². The van der Waals surface area contributed by atoms with Crippen LogP contribution in [0.2, 0.25) is 0 Å². The van der Waals surface area contributed by atoms with Crippen LogP contribution in [-0.2, 0) is 14.3 Å². The van der Waals surface area contributed by atoms with Gasteiger partial charge in [0.15, 0.2) is 5.78 Å². The number of hydrogen-bond acceptors (Lipinski definition) is 5. The van der Waals surface area contributed by atoms with Crippen molar-refractivity contribution in [1.29, 1.82) is 0 Å². The highest BCUT2D eigenvalue weighted by atomic mass is 16.5. The minimum atomic E-state index is -0.260. The van der Waals surface area contributed by atoms with E-state index in [-0.39, 0.29) is 24.3 Å². The minimum Gasteiger partial charge on any atom is -0.469 e. The van der Waals surface area contributed by atoms with Crippen LogP contribution >= 0.6 is 0 Å². The number of nitrogens with zero attached hydrogens (tertiary/aromatic N) is 1. The molecule has 0 radical (unpaired) electrons. The first kappa shape index (κ1) is 14.5. The molecule has 1 atom stereocenters. The standard InChI is InChI=1S/C15H19NO4/c1-11(17)12-3-5-13(6-4-12)16-7-8-20-14(10-16)9-15(18)19-2/h3-6,14H,7-10H2,1-2H3. The number of rotatable bonds is 4. The van der Waals surface area contributed by atoms with E-state index in [1.165, 1.54) is 7.11 Å². The number of morpholine rings is 1. The SMILES string of the molecule is COC(=O)CC1CN(c2ccc(C(C)=O)cc2)CCO1. The first-order valence-corrected chi connectivity index (χ1v) is 6.64. The van der Waals surface area contributed by atoms with E-state index in [0.717, 1.165) is 12.2 Å². The third-order valence-corrected chi connectivity index (χ3v) is 3.40. The smallest absolute Gasteiger partial charge is 0.308 e. The summed E-state index contributed by atoms with van der Waals surface area (Å²) in [4.78, 5) is 24.7. The number of benzene rings is 1. The molecule has 0 aromatic heterocycles. The molecule has 0 aliphatic carbocycles. The second-order valence-electron chi connectivity index (χ2n) is 4.82. The van der Waals surface area contributed by atoms with E-state index in [1.807, 2.05) is 24.3 Å². The molecule has 1 heterocycles. The lowest BCUT2D eigenvalue weighted by molar-refractivity contribution is -0.144. The predicted octanol–water partition coefficient (Wildman–Crippen LogP) is 1.66. The Morgan fingerprint density at radius 2 is 2.05 bits per heavy atom. The lowest BCUT2D eigenvalue weighted by atomic mass is 10.1. The second kappa shape index (κ2) is 6.52. The fourth-order valence-corrected chi connectivity index (χ4v) is 2.25. The van der Waals surface area contributed by atoms with Crippen LogP contribution in [0.15, 0.2) is 24.3 Å². The summed E-state index contributed by atoms with van der Waals surface area (Å²) in [6.45, 7) is 3.55. The van der Waals surface area contributed by atoms with Crippen LogP contribution < -0.4 is 4.90 Å². The predicted molar refractivity (Wildman–Crippen MR) is 75.0 cm³/mol. The minimum absolute atomic E-state index is 0.0575. The van der Waals surface area contributed by atoms with E-state index in [4.69, 9.17) is 4.74 Å². The van der Waals surface area contributed by atoms with Crippen LogP contribution in [0.4, 0.5) is 5.69 Å². The van der Waals surface area contributed by atoms with Crippen LogP contribution in [-0.4, -0.2) is 44.7 Å². The summed E-state index contributed by atoms with van der Waals surface area (Å²) in [5, 5.41) is 0. The first-order chi connectivity index (χ1) is 9.60. The van der Waals surface area contributed by atoms with Crippen LogP contribution in [0.3, 0.4) is 0 Å². The van der Waals surface area contributed by atoms with Crippen molar-refractivity contribution in [3.05, 3.63) is 29.8 Å². The molecule has 108 valence electrons. The van der Waals surface area contributed by atoms with Crippen molar-refractivity contribution in [2.75, 3.05) is 31.7 Å². The number of anilines is 1. The normalized spacial score (nSPS) is 18.7. The molecule has 20 heavy (non-hydrogen) atoms. The second-order valence-corrected chi connectivity index (χ2v) is 4.82. The Kier molecular flexibility index (Phi) is 4.74. The molecule has 1 aromatic rings. The molecule has 0 bridgehead atoms. The number of carbonyl (C=O) groups is 2. The number of hydrogen-bond donors (Lipinski definition) is 0. The molecule has 1 aliphatic heterocycles. The van der Waals surface area contributed by atoms with Gasteiger partial charge in [0.25, 0.3) is 0 Å². The van der Waals surface area contributed by atoms with Crippen molar-refractivity contribution in [1.82, 2.24) is 0 Å². The van der Waals surface area contributed by atoms with Crippen molar-refractivity contribution in [3.63, 3.8) is 0 Å². The Morgan fingerprint density at radius 3 is 2.65 bits per heavy atom. The van der Waals surface area contributed by atoms with Crippen molar-refractivity contribution in [2.24, 2.45) is 0 Å². The Balaban J connectivity index is 2.01. The van der Waals surface area contributed by atoms with E-state index in [1.54, 1.807) is 6.92 Å². The fourth-order valence-electron chi connectivity index (χ4n) is 2.25. The quantitative estimate of drug-likeness (QED) is 0.619. The number of ketones is 1. The summed E-state index contributed by atoms with van der Waals surface area (Å²) in [7, 11) is 1.38. The van der Waals surface area contributed by atoms with Gasteiger partial charge in [0.2, 0.25) is 0 Å². The number of methoxy groups -OCH3 is 1. The molecule has 1 fully saturated rings. The van der Waals surface area contributed by atoms with Gasteiger partial charge in [0.1, 0.15) is 0 Å². The Labute approximate surface area is 118 Å². The molecule has 1 aromatic carbocycles. The zero-order valence-corrected chi connectivity index (χ0v) is 11.8. The van der Waals surface area contributed by atoms with Gasteiger partial charge >= 0.3 is 5.97 Å². The summed E-state index contributed by atoms with van der Waals surface area (Å²) in [6, 6.07) is 7.50. The maximum atomic E-state index is 11.3. The lowest BCUT2D eigenvalue weighted by Crippen LogP contribution is -2.43. The number of Topliss-reactive ketones (excluding diaryl/α,β-unsaturated/α-hetero) is 1. The average Bonchev–Trinajstić information content (AvgIpc) is 2.47. The monoisotopic (exact) mass is 277 g/mol. The van der Waals surface area contributed by atoms with Gasteiger partial charge in [-0.15, -0.1) is 0 Å². The van der Waals surface area contributed by atoms with Gasteiger partial charge in [-0.2, -0.15) is 0 Å². The molecule has 0 amide bonds. The van der Waals surface area contributed by atoms with E-state index in [2.05, 4.69) is 9.64 Å². The zero-order chi connectivity index (χ0) is 14.5. The highest BCUT2D eigenvalue weighted by molar-refractivity contribution is 5.94. The van der Waals surface area contributed by atoms with Gasteiger partial charge in [0, 0.05) is 24.3 Å². The molecule has 2 rings (SSSR count). The first-order valence-electron chi connectivity index (χ1n) is 6.64. The number of carbonyl (C=O) groups excluding carboxylic acids is 2. The third-order valence-electron chi connectivity index (χ3n) is 3.40. The van der Waals surface area contributed by atoms with Crippen molar-refractivity contribution >= 4 is 17.4 Å². The molecule has 1 aliphatic rings. The summed E-state index contributed by atoms with van der Waals surface area (Å²) in [6.07, 6.45) is 0.113.